The highest BCUT2D eigenvalue weighted by Gasteiger charge is 2.29. The van der Waals surface area contributed by atoms with E-state index >= 15 is 0 Å². The van der Waals surface area contributed by atoms with Gasteiger partial charge in [-0.2, -0.15) is 0 Å². The SMILES string of the molecule is CCCCCCCN1CCN(CC(O)c2ccnc3ccc(OC)cc23)C[C@@H]1CC(=O)O. The highest BCUT2D eigenvalue weighted by atomic mass is 16.5. The fourth-order valence-corrected chi connectivity index (χ4v) is 4.64. The Kier molecular flexibility index (Phi) is 9.26. The number of carbonyl (C=O) groups is 1. The van der Waals surface area contributed by atoms with Crippen LogP contribution in [0.2, 0.25) is 0 Å². The average Bonchev–Trinajstić information content (AvgIpc) is 2.79. The van der Waals surface area contributed by atoms with E-state index in [0.717, 1.165) is 48.3 Å². The number of unbranched alkanes of at least 4 members (excludes halogenated alkanes) is 4. The Morgan fingerprint density at radius 1 is 1.22 bits per heavy atom. The van der Waals surface area contributed by atoms with Crippen LogP contribution in [0.4, 0.5) is 0 Å². The van der Waals surface area contributed by atoms with Crippen molar-refractivity contribution >= 4 is 16.9 Å². The number of fused-ring (bicyclic) bond motifs is 1. The fraction of sp³-hybridized carbons (Fsp3) is 0.600. The van der Waals surface area contributed by atoms with Gasteiger partial charge in [-0.15, -0.1) is 0 Å². The number of benzene rings is 1. The number of ether oxygens (including phenoxy) is 1. The quantitative estimate of drug-likeness (QED) is 0.484. The Morgan fingerprint density at radius 2 is 2.03 bits per heavy atom. The Balaban J connectivity index is 1.63. The van der Waals surface area contributed by atoms with Gasteiger partial charge in [-0.3, -0.25) is 19.6 Å². The van der Waals surface area contributed by atoms with Gasteiger partial charge in [0.2, 0.25) is 0 Å². The third-order valence-corrected chi connectivity index (χ3v) is 6.42. The summed E-state index contributed by atoms with van der Waals surface area (Å²) in [5.41, 5.74) is 1.64. The average molecular weight is 444 g/mol. The van der Waals surface area contributed by atoms with E-state index in [4.69, 9.17) is 4.74 Å². The summed E-state index contributed by atoms with van der Waals surface area (Å²) in [6.45, 7) is 5.95. The molecule has 2 aromatic rings. The monoisotopic (exact) mass is 443 g/mol. The van der Waals surface area contributed by atoms with Gasteiger partial charge in [-0.25, -0.2) is 0 Å². The van der Waals surface area contributed by atoms with Crippen LogP contribution < -0.4 is 4.74 Å². The van der Waals surface area contributed by atoms with Crippen molar-refractivity contribution in [2.24, 2.45) is 0 Å². The molecule has 1 aliphatic heterocycles. The highest BCUT2D eigenvalue weighted by molar-refractivity contribution is 5.83. The van der Waals surface area contributed by atoms with Crippen molar-refractivity contribution in [1.82, 2.24) is 14.8 Å². The lowest BCUT2D eigenvalue weighted by molar-refractivity contribution is -0.139. The number of hydrogen-bond acceptors (Lipinski definition) is 6. The molecule has 32 heavy (non-hydrogen) atoms. The summed E-state index contributed by atoms with van der Waals surface area (Å²) in [4.78, 5) is 20.4. The second-order valence-electron chi connectivity index (χ2n) is 8.76. The van der Waals surface area contributed by atoms with E-state index in [9.17, 15) is 15.0 Å². The van der Waals surface area contributed by atoms with Gasteiger partial charge in [-0.05, 0) is 42.8 Å². The van der Waals surface area contributed by atoms with Crippen LogP contribution in [0.3, 0.4) is 0 Å². The molecule has 7 heteroatoms. The van der Waals surface area contributed by atoms with Crippen LogP contribution >= 0.6 is 0 Å². The molecular formula is C25H37N3O4. The number of carboxylic acids is 1. The van der Waals surface area contributed by atoms with Gasteiger partial charge >= 0.3 is 5.97 Å². The number of nitrogens with zero attached hydrogens (tertiary/aromatic N) is 3. The van der Waals surface area contributed by atoms with Crippen molar-refractivity contribution in [2.75, 3.05) is 39.8 Å². The van der Waals surface area contributed by atoms with Gasteiger partial charge in [0, 0.05) is 43.8 Å². The first-order valence-electron chi connectivity index (χ1n) is 11.8. The van der Waals surface area contributed by atoms with Crippen LogP contribution in [0.15, 0.2) is 30.5 Å². The summed E-state index contributed by atoms with van der Waals surface area (Å²) in [5, 5.41) is 21.4. The third-order valence-electron chi connectivity index (χ3n) is 6.42. The Labute approximate surface area is 191 Å². The Morgan fingerprint density at radius 3 is 2.78 bits per heavy atom. The van der Waals surface area contributed by atoms with E-state index in [1.165, 1.54) is 25.7 Å². The molecule has 2 heterocycles. The molecular weight excluding hydrogens is 406 g/mol. The predicted octanol–water partition coefficient (Wildman–Crippen LogP) is 3.71. The number of piperazine rings is 1. The number of carboxylic acid groups (broad SMARTS) is 1. The first-order chi connectivity index (χ1) is 15.5. The summed E-state index contributed by atoms with van der Waals surface area (Å²) in [6.07, 6.45) is 7.22. The number of β-amino-alcohol motifs (C(OH)–C–C–N with tert-alkyl or cyclic N) is 1. The van der Waals surface area contributed by atoms with E-state index in [-0.39, 0.29) is 12.5 Å². The number of aliphatic hydroxyl groups excluding tert-OH is 1. The lowest BCUT2D eigenvalue weighted by Gasteiger charge is -2.41. The largest absolute Gasteiger partial charge is 0.497 e. The molecule has 0 radical (unpaired) electrons. The minimum Gasteiger partial charge on any atom is -0.497 e. The lowest BCUT2D eigenvalue weighted by Crippen LogP contribution is -2.54. The van der Waals surface area contributed by atoms with E-state index < -0.39 is 12.1 Å². The Hall–Kier alpha value is -2.22. The first-order valence-corrected chi connectivity index (χ1v) is 11.8. The lowest BCUT2D eigenvalue weighted by atomic mass is 10.0. The molecule has 1 aliphatic rings. The van der Waals surface area contributed by atoms with Gasteiger partial charge in [-0.1, -0.05) is 32.6 Å². The van der Waals surface area contributed by atoms with Crippen LogP contribution in [0.5, 0.6) is 5.75 Å². The maximum Gasteiger partial charge on any atom is 0.304 e. The molecule has 1 fully saturated rings. The summed E-state index contributed by atoms with van der Waals surface area (Å²) in [6, 6.07) is 7.50. The zero-order valence-corrected chi connectivity index (χ0v) is 19.4. The standard InChI is InChI=1S/C25H37N3O4/c1-3-4-5-6-7-12-28-14-13-27(17-19(28)15-25(30)31)18-24(29)21-10-11-26-23-9-8-20(32-2)16-22(21)23/h8-11,16,19,24,29H,3-7,12-15,17-18H2,1-2H3,(H,30,31)/t19-,24?/m0/s1. The van der Waals surface area contributed by atoms with Crippen molar-refractivity contribution in [1.29, 1.82) is 0 Å². The second kappa shape index (κ2) is 12.1. The van der Waals surface area contributed by atoms with Gasteiger partial charge in [0.15, 0.2) is 0 Å². The van der Waals surface area contributed by atoms with Crippen LogP contribution in [-0.4, -0.2) is 76.8 Å². The van der Waals surface area contributed by atoms with E-state index in [0.29, 0.717) is 13.1 Å². The maximum atomic E-state index is 11.5. The number of pyridine rings is 1. The number of rotatable bonds is 12. The first kappa shape index (κ1) is 24.4. The molecule has 0 amide bonds. The number of aliphatic carboxylic acids is 1. The zero-order valence-electron chi connectivity index (χ0n) is 19.4. The van der Waals surface area contributed by atoms with E-state index in [1.54, 1.807) is 13.3 Å². The molecule has 2 N–H and O–H groups in total. The van der Waals surface area contributed by atoms with E-state index in [1.807, 2.05) is 24.3 Å². The van der Waals surface area contributed by atoms with Crippen LogP contribution in [0, 0.1) is 0 Å². The zero-order chi connectivity index (χ0) is 22.9. The molecule has 0 spiro atoms. The van der Waals surface area contributed by atoms with Gasteiger partial charge in [0.05, 0.1) is 25.2 Å². The van der Waals surface area contributed by atoms with Crippen molar-refractivity contribution < 1.29 is 19.7 Å². The van der Waals surface area contributed by atoms with Crippen LogP contribution in [0.25, 0.3) is 10.9 Å². The smallest absolute Gasteiger partial charge is 0.304 e. The number of aromatic nitrogens is 1. The minimum atomic E-state index is -0.763. The van der Waals surface area contributed by atoms with Crippen molar-refractivity contribution in [3.63, 3.8) is 0 Å². The maximum absolute atomic E-state index is 11.5. The predicted molar refractivity (Wildman–Crippen MR) is 126 cm³/mol. The highest BCUT2D eigenvalue weighted by Crippen LogP contribution is 2.28. The number of methoxy groups -OCH3 is 1. The van der Waals surface area contributed by atoms with Gasteiger partial charge in [0.1, 0.15) is 5.75 Å². The summed E-state index contributed by atoms with van der Waals surface area (Å²) >= 11 is 0. The van der Waals surface area contributed by atoms with Gasteiger partial charge < -0.3 is 14.9 Å². The molecule has 1 unspecified atom stereocenters. The molecule has 1 aromatic carbocycles. The van der Waals surface area contributed by atoms with Crippen molar-refractivity contribution in [2.45, 2.75) is 57.6 Å². The normalized spacial score (nSPS) is 18.7. The molecule has 1 saturated heterocycles. The molecule has 0 bridgehead atoms. The molecule has 2 atom stereocenters. The number of hydrogen-bond donors (Lipinski definition) is 2. The summed E-state index contributed by atoms with van der Waals surface area (Å²) in [7, 11) is 1.62. The molecule has 7 nitrogen and oxygen atoms in total. The number of aliphatic hydroxyl groups is 1. The molecule has 0 saturated carbocycles. The summed E-state index contributed by atoms with van der Waals surface area (Å²) in [5.74, 6) is -0.0337. The van der Waals surface area contributed by atoms with E-state index in [2.05, 4.69) is 21.7 Å². The molecule has 0 aliphatic carbocycles. The fourth-order valence-electron chi connectivity index (χ4n) is 4.64. The Bertz CT molecular complexity index is 875. The van der Waals surface area contributed by atoms with Crippen molar-refractivity contribution in [3.8, 4) is 5.75 Å². The van der Waals surface area contributed by atoms with Crippen LogP contribution in [0.1, 0.15) is 57.1 Å². The van der Waals surface area contributed by atoms with Gasteiger partial charge in [0.25, 0.3) is 0 Å². The topological polar surface area (TPSA) is 86.1 Å². The summed E-state index contributed by atoms with van der Waals surface area (Å²) < 4.78 is 5.34. The third kappa shape index (κ3) is 6.64. The molecule has 1 aromatic heterocycles. The molecule has 176 valence electrons. The molecule has 3 rings (SSSR count). The minimum absolute atomic E-state index is 0.0195. The van der Waals surface area contributed by atoms with Crippen molar-refractivity contribution in [3.05, 3.63) is 36.0 Å². The second-order valence-corrected chi connectivity index (χ2v) is 8.76. The van der Waals surface area contributed by atoms with Crippen LogP contribution in [-0.2, 0) is 4.79 Å².